The van der Waals surface area contributed by atoms with Gasteiger partial charge in [-0.3, -0.25) is 6.08 Å². The van der Waals surface area contributed by atoms with E-state index in [2.05, 4.69) is 144 Å². The fourth-order valence-electron chi connectivity index (χ4n) is 4.79. The van der Waals surface area contributed by atoms with Crippen LogP contribution in [-0.2, 0) is 37.1 Å². The van der Waals surface area contributed by atoms with E-state index in [4.69, 9.17) is 0 Å². The fourth-order valence-corrected chi connectivity index (χ4v) is 5.61. The minimum absolute atomic E-state index is 0. The van der Waals surface area contributed by atoms with Crippen LogP contribution < -0.4 is 24.8 Å². The Morgan fingerprint density at radius 1 is 0.683 bits per heavy atom. The molecule has 5 aromatic carbocycles. The number of fused-ring (bicyclic) bond motifs is 3. The summed E-state index contributed by atoms with van der Waals surface area (Å²) in [6, 6.07) is 37.1. The first kappa shape index (κ1) is 34.8. The maximum absolute atomic E-state index is 3.26. The summed E-state index contributed by atoms with van der Waals surface area (Å²) in [5.74, 6) is 0. The molecule has 0 aliphatic heterocycles. The molecule has 0 atom stereocenters. The van der Waals surface area contributed by atoms with Crippen LogP contribution in [-0.4, -0.2) is 3.21 Å². The van der Waals surface area contributed by atoms with Gasteiger partial charge in [-0.05, 0) is 12.8 Å². The van der Waals surface area contributed by atoms with Gasteiger partial charge in [0.25, 0.3) is 0 Å². The van der Waals surface area contributed by atoms with Crippen molar-refractivity contribution in [3.63, 3.8) is 0 Å². The van der Waals surface area contributed by atoms with E-state index in [1.54, 1.807) is 0 Å². The molecule has 0 fully saturated rings. The van der Waals surface area contributed by atoms with Crippen molar-refractivity contribution < 1.29 is 49.0 Å². The third-order valence-corrected chi connectivity index (χ3v) is 9.02. The average Bonchev–Trinajstić information content (AvgIpc) is 3.51. The van der Waals surface area contributed by atoms with Gasteiger partial charge in [-0.25, -0.2) is 5.57 Å². The summed E-state index contributed by atoms with van der Waals surface area (Å²) in [4.78, 5) is 0. The van der Waals surface area contributed by atoms with Crippen LogP contribution in [0.3, 0.4) is 0 Å². The number of hydrogen-bond acceptors (Lipinski definition) is 0. The Bertz CT molecular complexity index is 1520. The van der Waals surface area contributed by atoms with Crippen molar-refractivity contribution in [2.75, 3.05) is 0 Å². The van der Waals surface area contributed by atoms with E-state index in [0.717, 1.165) is 19.3 Å². The molecule has 0 heterocycles. The van der Waals surface area contributed by atoms with Gasteiger partial charge in [0.05, 0.1) is 0 Å². The molecule has 5 aromatic rings. The molecular weight excluding hydrogens is 619 g/mol. The van der Waals surface area contributed by atoms with Crippen molar-refractivity contribution >= 4 is 24.8 Å². The summed E-state index contributed by atoms with van der Waals surface area (Å²) in [5.41, 5.74) is 9.75. The van der Waals surface area contributed by atoms with Crippen molar-refractivity contribution in [3.8, 4) is 0 Å². The van der Waals surface area contributed by atoms with Gasteiger partial charge in [-0.1, -0.05) is 63.1 Å². The van der Waals surface area contributed by atoms with E-state index in [-0.39, 0.29) is 24.8 Å². The molecule has 0 saturated carbocycles. The number of rotatable bonds is 4. The molecule has 0 N–H and O–H groups in total. The Kier molecular flexibility index (Phi) is 14.3. The molecule has 0 radical (unpaired) electrons. The first-order valence-corrected chi connectivity index (χ1v) is 15.2. The topological polar surface area (TPSA) is 0 Å². The minimum atomic E-state index is 0. The quantitative estimate of drug-likeness (QED) is 0.256. The van der Waals surface area contributed by atoms with Crippen LogP contribution in [0.2, 0.25) is 0 Å². The molecule has 1 aliphatic carbocycles. The summed E-state index contributed by atoms with van der Waals surface area (Å²) in [7, 11) is 0. The van der Waals surface area contributed by atoms with Gasteiger partial charge in [-0.15, -0.1) is 53.1 Å². The first-order valence-electron chi connectivity index (χ1n) is 14.0. The van der Waals surface area contributed by atoms with E-state index >= 15 is 0 Å². The van der Waals surface area contributed by atoms with Crippen LogP contribution in [0.1, 0.15) is 63.3 Å². The molecule has 0 amide bonds. The molecule has 0 unspecified atom stereocenters. The zero-order chi connectivity index (χ0) is 27.8. The average molecular weight is 657 g/mol. The molecular formula is C38H38Cl2Zr-2. The van der Waals surface area contributed by atoms with Crippen molar-refractivity contribution in [2.24, 2.45) is 0 Å². The van der Waals surface area contributed by atoms with Crippen molar-refractivity contribution in [1.82, 2.24) is 0 Å². The van der Waals surface area contributed by atoms with Crippen molar-refractivity contribution in [2.45, 2.75) is 53.9 Å². The Labute approximate surface area is 274 Å². The van der Waals surface area contributed by atoms with Crippen LogP contribution >= 0.6 is 0 Å². The molecule has 1 aliphatic rings. The van der Waals surface area contributed by atoms with Crippen LogP contribution in [0.25, 0.3) is 21.5 Å². The number of aryl methyl sites for hydroxylation is 2. The zero-order valence-electron chi connectivity index (χ0n) is 24.7. The molecule has 0 spiro atoms. The molecule has 0 bridgehead atoms. The predicted octanol–water partition coefficient (Wildman–Crippen LogP) is 4.12. The third-order valence-electron chi connectivity index (χ3n) is 7.60. The van der Waals surface area contributed by atoms with E-state index in [1.807, 2.05) is 0 Å². The summed E-state index contributed by atoms with van der Waals surface area (Å²) in [6.07, 6.45) is 6.53. The monoisotopic (exact) mass is 654 g/mol. The Balaban J connectivity index is 0.000000223. The van der Waals surface area contributed by atoms with Crippen LogP contribution in [0.5, 0.6) is 0 Å². The van der Waals surface area contributed by atoms with Crippen LogP contribution in [0, 0.1) is 6.08 Å². The Hall–Kier alpha value is -2.44. The second kappa shape index (κ2) is 16.9. The first-order chi connectivity index (χ1) is 18.9. The van der Waals surface area contributed by atoms with E-state index in [0.29, 0.717) is 0 Å². The Morgan fingerprint density at radius 3 is 1.44 bits per heavy atom. The maximum atomic E-state index is 3.26. The van der Waals surface area contributed by atoms with Crippen molar-refractivity contribution in [1.29, 1.82) is 0 Å². The summed E-state index contributed by atoms with van der Waals surface area (Å²) < 4.78 is 1.42. The van der Waals surface area contributed by atoms with Gasteiger partial charge in [0.15, 0.2) is 0 Å². The fraction of sp³-hybridized carbons (Fsp3) is 0.211. The standard InChI is InChI=1S/C17H17.C13H10.C8H11.2ClH.Zr/c1-3-12-5-7-16-14(9-12)11-15-10-13(4-2)6-8-17(15)16;1-3-7-12(8-4-1)11-13-9-5-2-6-10-13;1-6-4-5-7(2)8(6)3;;;/h5-11H,3-4H2,1-2H3;1-10H;4H2,1-3H3;2*1H;/q-1;;-1;;;+2/p-2. The molecule has 0 saturated heterocycles. The normalized spacial score (nSPS) is 11.9. The van der Waals surface area contributed by atoms with Crippen LogP contribution in [0.15, 0.2) is 120 Å². The number of hydrogen-bond donors (Lipinski definition) is 0. The van der Waals surface area contributed by atoms with Gasteiger partial charge in [0.1, 0.15) is 0 Å². The van der Waals surface area contributed by atoms with E-state index in [9.17, 15) is 0 Å². The van der Waals surface area contributed by atoms with Gasteiger partial charge < -0.3 is 24.8 Å². The molecule has 3 heteroatoms. The molecule has 210 valence electrons. The summed E-state index contributed by atoms with van der Waals surface area (Å²) in [5, 5.41) is 5.54. The Morgan fingerprint density at radius 2 is 1.12 bits per heavy atom. The number of halogens is 2. The predicted molar refractivity (Wildman–Crippen MR) is 167 cm³/mol. The van der Waals surface area contributed by atoms with Gasteiger partial charge in [0, 0.05) is 0 Å². The van der Waals surface area contributed by atoms with Crippen LogP contribution in [0.4, 0.5) is 0 Å². The van der Waals surface area contributed by atoms with Gasteiger partial charge in [0.2, 0.25) is 0 Å². The zero-order valence-corrected chi connectivity index (χ0v) is 28.7. The molecule has 6 rings (SSSR count). The van der Waals surface area contributed by atoms with E-state index < -0.39 is 0 Å². The SMILES string of the molecule is CC1=[C-]CC(C)=C1C.CCc1ccc2c(c1)[cH-]c1cc(CC)ccc12.[Cl-].[Cl-].[Zr+2]=[C](c1ccccc1)c1ccccc1. The summed E-state index contributed by atoms with van der Waals surface area (Å²) in [6.45, 7) is 10.9. The molecule has 0 nitrogen and oxygen atoms in total. The van der Waals surface area contributed by atoms with Gasteiger partial charge in [-0.2, -0.15) is 11.1 Å². The van der Waals surface area contributed by atoms with E-state index in [1.165, 1.54) is 88.0 Å². The van der Waals surface area contributed by atoms with Crippen molar-refractivity contribution in [3.05, 3.63) is 148 Å². The second-order valence-corrected chi connectivity index (χ2v) is 11.4. The summed E-state index contributed by atoms with van der Waals surface area (Å²) >= 11 is 1.46. The number of benzene rings is 4. The third kappa shape index (κ3) is 9.02. The molecule has 41 heavy (non-hydrogen) atoms. The second-order valence-electron chi connectivity index (χ2n) is 10.2. The molecule has 0 aromatic heterocycles. The van der Waals surface area contributed by atoms with Gasteiger partial charge >= 0.3 is 99.2 Å². The number of allylic oxidation sites excluding steroid dienone is 4.